The molecular formula is C21H25IN4O. The summed E-state index contributed by atoms with van der Waals surface area (Å²) in [5, 5.41) is 6.53. The van der Waals surface area contributed by atoms with Gasteiger partial charge in [0.15, 0.2) is 11.7 Å². The molecule has 142 valence electrons. The maximum Gasteiger partial charge on any atom is 0.214 e. The number of rotatable bonds is 6. The van der Waals surface area contributed by atoms with Crippen LogP contribution in [0.3, 0.4) is 0 Å². The summed E-state index contributed by atoms with van der Waals surface area (Å²) < 4.78 is 5.82. The van der Waals surface area contributed by atoms with Gasteiger partial charge < -0.3 is 15.1 Å². The van der Waals surface area contributed by atoms with E-state index in [-0.39, 0.29) is 24.0 Å². The van der Waals surface area contributed by atoms with Gasteiger partial charge >= 0.3 is 0 Å². The number of guanidine groups is 1. The molecule has 3 rings (SSSR count). The van der Waals surface area contributed by atoms with Crippen molar-refractivity contribution >= 4 is 29.9 Å². The molecular weight excluding hydrogens is 451 g/mol. The topological polar surface area (TPSA) is 62.5 Å². The molecule has 0 amide bonds. The molecule has 5 nitrogen and oxygen atoms in total. The van der Waals surface area contributed by atoms with Crippen molar-refractivity contribution in [2.75, 3.05) is 13.6 Å². The number of hydrogen-bond acceptors (Lipinski definition) is 3. The summed E-state index contributed by atoms with van der Waals surface area (Å²) in [4.78, 5) is 8.57. The minimum atomic E-state index is 0. The van der Waals surface area contributed by atoms with Crippen LogP contribution in [0.2, 0.25) is 0 Å². The third-order valence-corrected chi connectivity index (χ3v) is 4.07. The second-order valence-corrected chi connectivity index (χ2v) is 6.07. The number of halogens is 1. The first kappa shape index (κ1) is 21.0. The van der Waals surface area contributed by atoms with Gasteiger partial charge in [0.05, 0.1) is 12.7 Å². The third-order valence-electron chi connectivity index (χ3n) is 4.07. The SMILES string of the molecule is CN=C(NCCc1ccccc1)NCc1ncc(-c2ccc(C)cc2)o1.I. The molecule has 0 unspecified atom stereocenters. The van der Waals surface area contributed by atoms with Crippen molar-refractivity contribution in [2.24, 2.45) is 4.99 Å². The van der Waals surface area contributed by atoms with Crippen molar-refractivity contribution in [1.29, 1.82) is 0 Å². The van der Waals surface area contributed by atoms with Crippen LogP contribution in [0.25, 0.3) is 11.3 Å². The highest BCUT2D eigenvalue weighted by molar-refractivity contribution is 14.0. The summed E-state index contributed by atoms with van der Waals surface area (Å²) in [7, 11) is 1.76. The van der Waals surface area contributed by atoms with E-state index in [1.54, 1.807) is 13.2 Å². The van der Waals surface area contributed by atoms with Gasteiger partial charge in [0, 0.05) is 19.2 Å². The minimum Gasteiger partial charge on any atom is -0.439 e. The number of nitrogens with zero attached hydrogens (tertiary/aromatic N) is 2. The fraction of sp³-hybridized carbons (Fsp3) is 0.238. The van der Waals surface area contributed by atoms with Crippen LogP contribution in [-0.4, -0.2) is 24.5 Å². The van der Waals surface area contributed by atoms with Crippen molar-refractivity contribution in [1.82, 2.24) is 15.6 Å². The smallest absolute Gasteiger partial charge is 0.214 e. The van der Waals surface area contributed by atoms with Gasteiger partial charge in [-0.15, -0.1) is 24.0 Å². The summed E-state index contributed by atoms with van der Waals surface area (Å²) in [6, 6.07) is 18.6. The average Bonchev–Trinajstić information content (AvgIpc) is 3.15. The molecule has 2 aromatic carbocycles. The second kappa shape index (κ2) is 10.7. The Morgan fingerprint density at radius 3 is 2.48 bits per heavy atom. The average molecular weight is 476 g/mol. The van der Waals surface area contributed by atoms with Crippen LogP contribution in [0.1, 0.15) is 17.0 Å². The Bertz CT molecular complexity index is 844. The fourth-order valence-corrected chi connectivity index (χ4v) is 2.59. The molecule has 0 fully saturated rings. The first-order valence-corrected chi connectivity index (χ1v) is 8.75. The van der Waals surface area contributed by atoms with Crippen molar-refractivity contribution in [3.63, 3.8) is 0 Å². The molecule has 1 heterocycles. The number of benzene rings is 2. The zero-order valence-corrected chi connectivity index (χ0v) is 17.9. The molecule has 3 aromatic rings. The molecule has 2 N–H and O–H groups in total. The molecule has 0 aliphatic carbocycles. The minimum absolute atomic E-state index is 0. The molecule has 27 heavy (non-hydrogen) atoms. The highest BCUT2D eigenvalue weighted by atomic mass is 127. The molecule has 6 heteroatoms. The Morgan fingerprint density at radius 2 is 1.78 bits per heavy atom. The van der Waals surface area contributed by atoms with E-state index >= 15 is 0 Å². The Labute approximate surface area is 177 Å². The van der Waals surface area contributed by atoms with Crippen LogP contribution >= 0.6 is 24.0 Å². The number of aromatic nitrogens is 1. The summed E-state index contributed by atoms with van der Waals surface area (Å²) in [5.74, 6) is 2.14. The second-order valence-electron chi connectivity index (χ2n) is 6.07. The van der Waals surface area contributed by atoms with Gasteiger partial charge in [0.25, 0.3) is 0 Å². The predicted molar refractivity (Wildman–Crippen MR) is 120 cm³/mol. The third kappa shape index (κ3) is 6.39. The molecule has 0 saturated heterocycles. The monoisotopic (exact) mass is 476 g/mol. The highest BCUT2D eigenvalue weighted by Crippen LogP contribution is 2.20. The zero-order chi connectivity index (χ0) is 18.2. The lowest BCUT2D eigenvalue weighted by Gasteiger charge is -2.10. The van der Waals surface area contributed by atoms with Crippen LogP contribution in [0.4, 0.5) is 0 Å². The molecule has 0 radical (unpaired) electrons. The summed E-state index contributed by atoms with van der Waals surface area (Å²) in [6.45, 7) is 3.36. The Kier molecular flexibility index (Phi) is 8.32. The van der Waals surface area contributed by atoms with E-state index in [9.17, 15) is 0 Å². The maximum atomic E-state index is 5.82. The van der Waals surface area contributed by atoms with E-state index in [0.717, 1.165) is 30.2 Å². The van der Waals surface area contributed by atoms with Gasteiger partial charge in [-0.05, 0) is 18.9 Å². The number of nitrogens with one attached hydrogen (secondary N) is 2. The van der Waals surface area contributed by atoms with Gasteiger partial charge in [-0.1, -0.05) is 60.2 Å². The van der Waals surface area contributed by atoms with Gasteiger partial charge in [0.2, 0.25) is 5.89 Å². The Morgan fingerprint density at radius 1 is 1.04 bits per heavy atom. The summed E-state index contributed by atoms with van der Waals surface area (Å²) in [6.07, 6.45) is 2.70. The Hall–Kier alpha value is -2.35. The van der Waals surface area contributed by atoms with E-state index in [0.29, 0.717) is 12.4 Å². The van der Waals surface area contributed by atoms with Crippen molar-refractivity contribution in [2.45, 2.75) is 19.9 Å². The highest BCUT2D eigenvalue weighted by Gasteiger charge is 2.07. The fourth-order valence-electron chi connectivity index (χ4n) is 2.59. The Balaban J connectivity index is 0.00000261. The van der Waals surface area contributed by atoms with E-state index in [4.69, 9.17) is 4.42 Å². The largest absolute Gasteiger partial charge is 0.439 e. The van der Waals surface area contributed by atoms with Gasteiger partial charge in [-0.25, -0.2) is 4.98 Å². The molecule has 0 bridgehead atoms. The molecule has 0 spiro atoms. The maximum absolute atomic E-state index is 5.82. The summed E-state index contributed by atoms with van der Waals surface area (Å²) in [5.41, 5.74) is 3.55. The summed E-state index contributed by atoms with van der Waals surface area (Å²) >= 11 is 0. The normalized spacial score (nSPS) is 11.0. The van der Waals surface area contributed by atoms with E-state index < -0.39 is 0 Å². The standard InChI is InChI=1S/C21H24N4O.HI/c1-16-8-10-18(11-9-16)19-14-24-20(26-19)15-25-21(22-2)23-13-12-17-6-4-3-5-7-17;/h3-11,14H,12-13,15H2,1-2H3,(H2,22,23,25);1H. The van der Waals surface area contributed by atoms with Crippen molar-refractivity contribution in [3.8, 4) is 11.3 Å². The lowest BCUT2D eigenvalue weighted by molar-refractivity contribution is 0.497. The van der Waals surface area contributed by atoms with E-state index in [1.165, 1.54) is 11.1 Å². The van der Waals surface area contributed by atoms with Crippen molar-refractivity contribution < 1.29 is 4.42 Å². The van der Waals surface area contributed by atoms with Crippen LogP contribution < -0.4 is 10.6 Å². The lowest BCUT2D eigenvalue weighted by Crippen LogP contribution is -2.37. The first-order valence-electron chi connectivity index (χ1n) is 8.75. The van der Waals surface area contributed by atoms with Crippen LogP contribution in [0.5, 0.6) is 0 Å². The van der Waals surface area contributed by atoms with Crippen LogP contribution in [0.15, 0.2) is 70.2 Å². The molecule has 0 aliphatic heterocycles. The molecule has 0 saturated carbocycles. The number of aliphatic imine (C=N–C) groups is 1. The van der Waals surface area contributed by atoms with Crippen LogP contribution in [0, 0.1) is 6.92 Å². The van der Waals surface area contributed by atoms with Gasteiger partial charge in [-0.3, -0.25) is 4.99 Å². The van der Waals surface area contributed by atoms with Crippen molar-refractivity contribution in [3.05, 3.63) is 77.8 Å². The number of oxazole rings is 1. The molecule has 1 aromatic heterocycles. The number of aryl methyl sites for hydroxylation is 1. The lowest BCUT2D eigenvalue weighted by atomic mass is 10.1. The predicted octanol–water partition coefficient (Wildman–Crippen LogP) is 4.18. The quantitative estimate of drug-likeness (QED) is 0.319. The van der Waals surface area contributed by atoms with Crippen LogP contribution in [-0.2, 0) is 13.0 Å². The van der Waals surface area contributed by atoms with Gasteiger partial charge in [-0.2, -0.15) is 0 Å². The van der Waals surface area contributed by atoms with E-state index in [2.05, 4.69) is 63.9 Å². The zero-order valence-electron chi connectivity index (χ0n) is 15.6. The molecule has 0 aliphatic rings. The van der Waals surface area contributed by atoms with Gasteiger partial charge in [0.1, 0.15) is 0 Å². The first-order chi connectivity index (χ1) is 12.7. The van der Waals surface area contributed by atoms with E-state index in [1.807, 2.05) is 18.2 Å². The number of hydrogen-bond donors (Lipinski definition) is 2. The molecule has 0 atom stereocenters.